The number of rotatable bonds is 3. The van der Waals surface area contributed by atoms with Gasteiger partial charge >= 0.3 is 0 Å². The van der Waals surface area contributed by atoms with Gasteiger partial charge in [0, 0.05) is 5.56 Å². The number of nitrogens with one attached hydrogen (secondary N) is 1. The number of hydrogen-bond acceptors (Lipinski definition) is 2. The van der Waals surface area contributed by atoms with E-state index >= 15 is 0 Å². The van der Waals surface area contributed by atoms with Crippen LogP contribution in [0.2, 0.25) is 0 Å². The van der Waals surface area contributed by atoms with Crippen LogP contribution >= 0.6 is 12.2 Å². The Morgan fingerprint density at radius 1 is 1.06 bits per heavy atom. The number of benzene rings is 2. The highest BCUT2D eigenvalue weighted by Crippen LogP contribution is 2.21. The van der Waals surface area contributed by atoms with Crippen molar-refractivity contribution in [2.75, 3.05) is 0 Å². The predicted molar refractivity (Wildman–Crippen MR) is 79.4 cm³/mol. The zero-order chi connectivity index (χ0) is 12.8. The Labute approximate surface area is 111 Å². The Bertz CT molecular complexity index is 564. The van der Waals surface area contributed by atoms with Crippen molar-refractivity contribution in [2.45, 2.75) is 0 Å². The fourth-order valence-electron chi connectivity index (χ4n) is 1.66. The highest BCUT2D eigenvalue weighted by molar-refractivity contribution is 7.80. The molecule has 0 fully saturated rings. The lowest BCUT2D eigenvalue weighted by Gasteiger charge is -2.05. The molecule has 2 aromatic carbocycles. The molecule has 0 unspecified atom stereocenters. The first-order valence-electron chi connectivity index (χ1n) is 5.50. The van der Waals surface area contributed by atoms with Gasteiger partial charge in [-0.2, -0.15) is 5.10 Å². The van der Waals surface area contributed by atoms with E-state index < -0.39 is 0 Å². The summed E-state index contributed by atoms with van der Waals surface area (Å²) in [6, 6.07) is 18.2. The second-order valence-corrected chi connectivity index (χ2v) is 4.13. The molecule has 0 heterocycles. The molecule has 3 nitrogen and oxygen atoms in total. The maximum Gasteiger partial charge on any atom is 0.184 e. The second kappa shape index (κ2) is 5.93. The van der Waals surface area contributed by atoms with Crippen LogP contribution in [-0.4, -0.2) is 11.3 Å². The van der Waals surface area contributed by atoms with Crippen LogP contribution in [0.15, 0.2) is 59.7 Å². The molecule has 0 aliphatic heterocycles. The van der Waals surface area contributed by atoms with Gasteiger partial charge in [0.25, 0.3) is 0 Å². The molecule has 0 aliphatic rings. The van der Waals surface area contributed by atoms with Crippen LogP contribution in [0.25, 0.3) is 11.1 Å². The van der Waals surface area contributed by atoms with Crippen LogP contribution in [0, 0.1) is 0 Å². The molecule has 0 bridgehead atoms. The van der Waals surface area contributed by atoms with Crippen molar-refractivity contribution in [3.8, 4) is 11.1 Å². The van der Waals surface area contributed by atoms with Crippen LogP contribution in [0.4, 0.5) is 0 Å². The van der Waals surface area contributed by atoms with Crippen molar-refractivity contribution >= 4 is 23.5 Å². The highest BCUT2D eigenvalue weighted by atomic mass is 32.1. The highest BCUT2D eigenvalue weighted by Gasteiger charge is 2.01. The Hall–Kier alpha value is -2.20. The van der Waals surface area contributed by atoms with Crippen LogP contribution in [0.1, 0.15) is 5.56 Å². The maximum absolute atomic E-state index is 5.31. The molecule has 0 atom stereocenters. The van der Waals surface area contributed by atoms with E-state index in [-0.39, 0.29) is 5.11 Å². The van der Waals surface area contributed by atoms with E-state index in [1.165, 1.54) is 0 Å². The number of hydrogen-bond donors (Lipinski definition) is 2. The summed E-state index contributed by atoms with van der Waals surface area (Å²) in [7, 11) is 0. The first-order valence-corrected chi connectivity index (χ1v) is 5.91. The monoisotopic (exact) mass is 255 g/mol. The summed E-state index contributed by atoms with van der Waals surface area (Å²) in [5.41, 5.74) is 11.1. The van der Waals surface area contributed by atoms with E-state index in [0.717, 1.165) is 16.7 Å². The van der Waals surface area contributed by atoms with E-state index in [1.54, 1.807) is 6.21 Å². The fourth-order valence-corrected chi connectivity index (χ4v) is 1.71. The normalized spacial score (nSPS) is 10.4. The van der Waals surface area contributed by atoms with E-state index in [0.29, 0.717) is 0 Å². The third-order valence-electron chi connectivity index (χ3n) is 2.42. The molecule has 0 radical (unpaired) electrons. The molecule has 0 saturated heterocycles. The van der Waals surface area contributed by atoms with Crippen molar-refractivity contribution in [1.82, 2.24) is 5.43 Å². The summed E-state index contributed by atoms with van der Waals surface area (Å²) < 4.78 is 0. The smallest absolute Gasteiger partial charge is 0.184 e. The standard InChI is InChI=1S/C14H13N3S/c15-14(18)17-16-10-12-8-4-5-9-13(12)11-6-2-1-3-7-11/h1-10H,(H3,15,17,18). The number of nitrogens with zero attached hydrogens (tertiary/aromatic N) is 1. The molecular formula is C14H13N3S. The molecule has 0 spiro atoms. The van der Waals surface area contributed by atoms with Gasteiger partial charge in [0.05, 0.1) is 6.21 Å². The summed E-state index contributed by atoms with van der Waals surface area (Å²) in [5, 5.41) is 4.14. The average Bonchev–Trinajstić information content (AvgIpc) is 2.40. The second-order valence-electron chi connectivity index (χ2n) is 3.69. The molecule has 18 heavy (non-hydrogen) atoms. The lowest BCUT2D eigenvalue weighted by Crippen LogP contribution is -2.24. The Morgan fingerprint density at radius 3 is 2.44 bits per heavy atom. The molecule has 4 heteroatoms. The van der Waals surface area contributed by atoms with Gasteiger partial charge in [0.15, 0.2) is 5.11 Å². The minimum Gasteiger partial charge on any atom is -0.375 e. The molecular weight excluding hydrogens is 242 g/mol. The van der Waals surface area contributed by atoms with Crippen molar-refractivity contribution in [1.29, 1.82) is 0 Å². The summed E-state index contributed by atoms with van der Waals surface area (Å²) in [5.74, 6) is 0. The SMILES string of the molecule is NC(=S)NN=Cc1ccccc1-c1ccccc1. The molecule has 90 valence electrons. The summed E-state index contributed by atoms with van der Waals surface area (Å²) >= 11 is 4.69. The summed E-state index contributed by atoms with van der Waals surface area (Å²) in [6.07, 6.45) is 1.71. The first kappa shape index (κ1) is 12.3. The van der Waals surface area contributed by atoms with Crippen molar-refractivity contribution < 1.29 is 0 Å². The van der Waals surface area contributed by atoms with Crippen LogP contribution in [-0.2, 0) is 0 Å². The van der Waals surface area contributed by atoms with Gasteiger partial charge < -0.3 is 5.73 Å². The fraction of sp³-hybridized carbons (Fsp3) is 0. The third-order valence-corrected chi connectivity index (χ3v) is 2.52. The zero-order valence-electron chi connectivity index (χ0n) is 9.71. The van der Waals surface area contributed by atoms with Gasteiger partial charge in [0.1, 0.15) is 0 Å². The van der Waals surface area contributed by atoms with E-state index in [2.05, 4.69) is 28.7 Å². The zero-order valence-corrected chi connectivity index (χ0v) is 10.5. The van der Waals surface area contributed by atoms with Crippen LogP contribution in [0.3, 0.4) is 0 Å². The molecule has 0 amide bonds. The topological polar surface area (TPSA) is 50.4 Å². The van der Waals surface area contributed by atoms with Crippen molar-refractivity contribution in [3.05, 3.63) is 60.2 Å². The molecule has 0 saturated carbocycles. The number of thiocarbonyl (C=S) groups is 1. The van der Waals surface area contributed by atoms with Crippen molar-refractivity contribution in [3.63, 3.8) is 0 Å². The van der Waals surface area contributed by atoms with Crippen LogP contribution in [0.5, 0.6) is 0 Å². The van der Waals surface area contributed by atoms with E-state index in [1.807, 2.05) is 36.4 Å². The lowest BCUT2D eigenvalue weighted by molar-refractivity contribution is 1.04. The van der Waals surface area contributed by atoms with E-state index in [4.69, 9.17) is 18.0 Å². The molecule has 2 rings (SSSR count). The maximum atomic E-state index is 5.31. The predicted octanol–water partition coefficient (Wildman–Crippen LogP) is 2.52. The van der Waals surface area contributed by atoms with Gasteiger partial charge in [-0.3, -0.25) is 5.43 Å². The number of hydrazone groups is 1. The first-order chi connectivity index (χ1) is 8.77. The minimum absolute atomic E-state index is 0.156. The number of nitrogens with two attached hydrogens (primary N) is 1. The molecule has 0 aliphatic carbocycles. The largest absolute Gasteiger partial charge is 0.375 e. The van der Waals surface area contributed by atoms with Gasteiger partial charge in [-0.25, -0.2) is 0 Å². The Morgan fingerprint density at radius 2 is 1.72 bits per heavy atom. The van der Waals surface area contributed by atoms with Gasteiger partial charge in [-0.15, -0.1) is 0 Å². The minimum atomic E-state index is 0.156. The van der Waals surface area contributed by atoms with Gasteiger partial charge in [-0.1, -0.05) is 54.6 Å². The van der Waals surface area contributed by atoms with Gasteiger partial charge in [-0.05, 0) is 23.3 Å². The Kier molecular flexibility index (Phi) is 4.04. The molecule has 2 aromatic rings. The Balaban J connectivity index is 2.32. The molecule has 0 aromatic heterocycles. The third kappa shape index (κ3) is 3.15. The van der Waals surface area contributed by atoms with E-state index in [9.17, 15) is 0 Å². The van der Waals surface area contributed by atoms with Crippen LogP contribution < -0.4 is 11.2 Å². The van der Waals surface area contributed by atoms with Crippen molar-refractivity contribution in [2.24, 2.45) is 10.8 Å². The van der Waals surface area contributed by atoms with Gasteiger partial charge in [0.2, 0.25) is 0 Å². The summed E-state index contributed by atoms with van der Waals surface area (Å²) in [4.78, 5) is 0. The summed E-state index contributed by atoms with van der Waals surface area (Å²) in [6.45, 7) is 0. The quantitative estimate of drug-likeness (QED) is 0.503. The lowest BCUT2D eigenvalue weighted by atomic mass is 10.0. The molecule has 3 N–H and O–H groups in total. The average molecular weight is 255 g/mol.